The first kappa shape index (κ1) is 12.3. The molecule has 0 aliphatic carbocycles. The van der Waals surface area contributed by atoms with Crippen molar-refractivity contribution in [3.63, 3.8) is 0 Å². The van der Waals surface area contributed by atoms with Gasteiger partial charge in [0.2, 0.25) is 5.91 Å². The molecule has 0 radical (unpaired) electrons. The highest BCUT2D eigenvalue weighted by atomic mass is 19.4. The van der Waals surface area contributed by atoms with E-state index in [9.17, 15) is 18.0 Å². The molecule has 4 nitrogen and oxygen atoms in total. The van der Waals surface area contributed by atoms with E-state index in [1.807, 2.05) is 0 Å². The Morgan fingerprint density at radius 1 is 1.53 bits per heavy atom. The van der Waals surface area contributed by atoms with Crippen LogP contribution in [0.25, 0.3) is 0 Å². The Hall–Kier alpha value is -0.820. The molecule has 0 spiro atoms. The van der Waals surface area contributed by atoms with Crippen molar-refractivity contribution in [1.82, 2.24) is 10.2 Å². The van der Waals surface area contributed by atoms with Crippen LogP contribution in [-0.4, -0.2) is 56.4 Å². The average Bonchev–Trinajstić information content (AvgIpc) is 1.98. The minimum atomic E-state index is -4.38. The second-order valence-corrected chi connectivity index (χ2v) is 3.42. The molecule has 1 heterocycles. The van der Waals surface area contributed by atoms with E-state index in [1.165, 1.54) is 4.90 Å². The molecule has 0 atom stereocenters. The van der Waals surface area contributed by atoms with Gasteiger partial charge in [-0.3, -0.25) is 4.79 Å². The predicted molar refractivity (Wildman–Crippen MR) is 46.3 cm³/mol. The van der Waals surface area contributed by atoms with Crippen molar-refractivity contribution >= 4 is 5.91 Å². The van der Waals surface area contributed by atoms with Crippen molar-refractivity contribution in [3.05, 3.63) is 0 Å². The fourth-order valence-electron chi connectivity index (χ4n) is 1.11. The van der Waals surface area contributed by atoms with Crippen molar-refractivity contribution in [2.24, 2.45) is 0 Å². The van der Waals surface area contributed by atoms with Crippen molar-refractivity contribution in [1.29, 1.82) is 0 Å². The SMILES string of the molecule is CN(C(=O)COCC(F)(F)F)C1CNC1. The monoisotopic (exact) mass is 226 g/mol. The number of halogens is 3. The molecule has 1 amide bonds. The van der Waals surface area contributed by atoms with Crippen LogP contribution in [0, 0.1) is 0 Å². The van der Waals surface area contributed by atoms with Crippen molar-refractivity contribution in [3.8, 4) is 0 Å². The molecule has 88 valence electrons. The largest absolute Gasteiger partial charge is 0.411 e. The van der Waals surface area contributed by atoms with Gasteiger partial charge in [-0.2, -0.15) is 13.2 Å². The van der Waals surface area contributed by atoms with Gasteiger partial charge < -0.3 is 15.0 Å². The molecule has 7 heteroatoms. The fraction of sp³-hybridized carbons (Fsp3) is 0.875. The first-order valence-electron chi connectivity index (χ1n) is 4.51. The van der Waals surface area contributed by atoms with E-state index in [0.29, 0.717) is 13.1 Å². The lowest BCUT2D eigenvalue weighted by atomic mass is 10.1. The molecule has 0 unspecified atom stereocenters. The topological polar surface area (TPSA) is 41.6 Å². The Bertz CT molecular complexity index is 228. The minimum absolute atomic E-state index is 0.0759. The van der Waals surface area contributed by atoms with Gasteiger partial charge in [-0.25, -0.2) is 0 Å². The van der Waals surface area contributed by atoms with Crippen LogP contribution in [0.15, 0.2) is 0 Å². The summed E-state index contributed by atoms with van der Waals surface area (Å²) in [6.45, 7) is -0.537. The number of nitrogens with zero attached hydrogens (tertiary/aromatic N) is 1. The number of ether oxygens (including phenoxy) is 1. The van der Waals surface area contributed by atoms with E-state index < -0.39 is 25.3 Å². The lowest BCUT2D eigenvalue weighted by Gasteiger charge is -2.35. The Kier molecular flexibility index (Phi) is 3.92. The van der Waals surface area contributed by atoms with Crippen LogP contribution in [0.2, 0.25) is 0 Å². The van der Waals surface area contributed by atoms with Gasteiger partial charge in [0, 0.05) is 20.1 Å². The number of amides is 1. The summed E-state index contributed by atoms with van der Waals surface area (Å²) in [5, 5.41) is 2.96. The normalized spacial score (nSPS) is 17.3. The van der Waals surface area contributed by atoms with Crippen LogP contribution < -0.4 is 5.32 Å². The van der Waals surface area contributed by atoms with Crippen LogP contribution in [-0.2, 0) is 9.53 Å². The maximum absolute atomic E-state index is 11.7. The van der Waals surface area contributed by atoms with Crippen LogP contribution in [0.5, 0.6) is 0 Å². The van der Waals surface area contributed by atoms with Gasteiger partial charge >= 0.3 is 6.18 Å². The Morgan fingerprint density at radius 3 is 2.53 bits per heavy atom. The molecule has 1 N–H and O–H groups in total. The number of carbonyl (C=O) groups excluding carboxylic acids is 1. The maximum Gasteiger partial charge on any atom is 0.411 e. The zero-order valence-corrected chi connectivity index (χ0v) is 8.30. The molecule has 0 aromatic heterocycles. The minimum Gasteiger partial charge on any atom is -0.362 e. The van der Waals surface area contributed by atoms with Crippen LogP contribution in [0.3, 0.4) is 0 Å². The molecule has 0 aromatic rings. The number of alkyl halides is 3. The number of likely N-dealkylation sites (N-methyl/N-ethyl adjacent to an activating group) is 1. The van der Waals surface area contributed by atoms with Crippen LogP contribution in [0.1, 0.15) is 0 Å². The zero-order valence-electron chi connectivity index (χ0n) is 8.30. The Labute approximate surface area is 85.4 Å². The lowest BCUT2D eigenvalue weighted by Crippen LogP contribution is -2.58. The standard InChI is InChI=1S/C8H13F3N2O2/c1-13(6-2-12-3-6)7(14)4-15-5-8(9,10)11/h6,12H,2-5H2,1H3. The van der Waals surface area contributed by atoms with E-state index in [4.69, 9.17) is 0 Å². The molecule has 15 heavy (non-hydrogen) atoms. The lowest BCUT2D eigenvalue weighted by molar-refractivity contribution is -0.178. The van der Waals surface area contributed by atoms with Gasteiger partial charge in [-0.15, -0.1) is 0 Å². The van der Waals surface area contributed by atoms with E-state index in [0.717, 1.165) is 0 Å². The summed E-state index contributed by atoms with van der Waals surface area (Å²) in [6.07, 6.45) is -4.38. The fourth-order valence-corrected chi connectivity index (χ4v) is 1.11. The molecule has 0 aromatic carbocycles. The third-order valence-corrected chi connectivity index (χ3v) is 2.19. The first-order chi connectivity index (χ1) is 6.90. The van der Waals surface area contributed by atoms with Gasteiger partial charge in [0.1, 0.15) is 13.2 Å². The third kappa shape index (κ3) is 4.05. The van der Waals surface area contributed by atoms with E-state index in [2.05, 4.69) is 10.1 Å². The van der Waals surface area contributed by atoms with Gasteiger partial charge in [0.05, 0.1) is 6.04 Å². The van der Waals surface area contributed by atoms with Crippen LogP contribution in [0.4, 0.5) is 13.2 Å². The summed E-state index contributed by atoms with van der Waals surface area (Å²) in [5.41, 5.74) is 0. The maximum atomic E-state index is 11.7. The highest BCUT2D eigenvalue weighted by molar-refractivity contribution is 5.77. The average molecular weight is 226 g/mol. The summed E-state index contributed by atoms with van der Waals surface area (Å²) in [6, 6.07) is 0.0759. The Balaban J connectivity index is 2.17. The molecule has 0 bridgehead atoms. The number of nitrogens with one attached hydrogen (secondary N) is 1. The first-order valence-corrected chi connectivity index (χ1v) is 4.51. The third-order valence-electron chi connectivity index (χ3n) is 2.19. The molecule has 1 aliphatic rings. The van der Waals surface area contributed by atoms with Crippen molar-refractivity contribution in [2.75, 3.05) is 33.4 Å². The van der Waals surface area contributed by atoms with E-state index >= 15 is 0 Å². The smallest absolute Gasteiger partial charge is 0.362 e. The number of hydrogen-bond acceptors (Lipinski definition) is 3. The highest BCUT2D eigenvalue weighted by Gasteiger charge is 2.29. The van der Waals surface area contributed by atoms with Crippen LogP contribution >= 0.6 is 0 Å². The number of hydrogen-bond donors (Lipinski definition) is 1. The molecule has 1 aliphatic heterocycles. The molecular weight excluding hydrogens is 213 g/mol. The molecule has 0 saturated carbocycles. The highest BCUT2D eigenvalue weighted by Crippen LogP contribution is 2.14. The summed E-state index contributed by atoms with van der Waals surface area (Å²) < 4.78 is 39.3. The number of rotatable bonds is 4. The zero-order chi connectivity index (χ0) is 11.5. The van der Waals surface area contributed by atoms with Gasteiger partial charge in [0.25, 0.3) is 0 Å². The summed E-state index contributed by atoms with van der Waals surface area (Å²) in [7, 11) is 1.56. The quantitative estimate of drug-likeness (QED) is 0.733. The summed E-state index contributed by atoms with van der Waals surface area (Å²) in [5.74, 6) is -0.425. The van der Waals surface area contributed by atoms with Crippen molar-refractivity contribution in [2.45, 2.75) is 12.2 Å². The molecule has 1 rings (SSSR count). The van der Waals surface area contributed by atoms with E-state index in [-0.39, 0.29) is 6.04 Å². The molecule has 1 fully saturated rings. The van der Waals surface area contributed by atoms with Gasteiger partial charge in [0.15, 0.2) is 0 Å². The Morgan fingerprint density at radius 2 is 2.13 bits per heavy atom. The van der Waals surface area contributed by atoms with Gasteiger partial charge in [-0.1, -0.05) is 0 Å². The second-order valence-electron chi connectivity index (χ2n) is 3.42. The molecule has 1 saturated heterocycles. The van der Waals surface area contributed by atoms with Gasteiger partial charge in [-0.05, 0) is 0 Å². The molecular formula is C8H13F3N2O2. The van der Waals surface area contributed by atoms with E-state index in [1.54, 1.807) is 7.05 Å². The number of carbonyl (C=O) groups is 1. The van der Waals surface area contributed by atoms with Crippen molar-refractivity contribution < 1.29 is 22.7 Å². The predicted octanol–water partition coefficient (Wildman–Crippen LogP) is -0.00450. The summed E-state index contributed by atoms with van der Waals surface area (Å²) >= 11 is 0. The second kappa shape index (κ2) is 4.80. The summed E-state index contributed by atoms with van der Waals surface area (Å²) in [4.78, 5) is 12.7.